The largest absolute Gasteiger partial charge is 0.508 e. The first-order valence-corrected chi connectivity index (χ1v) is 6.47. The van der Waals surface area contributed by atoms with Crippen molar-refractivity contribution in [2.45, 2.75) is 6.54 Å². The highest BCUT2D eigenvalue weighted by Crippen LogP contribution is 2.26. The molecule has 0 unspecified atom stereocenters. The molecule has 20 heavy (non-hydrogen) atoms. The van der Waals surface area contributed by atoms with Crippen molar-refractivity contribution >= 4 is 23.2 Å². The van der Waals surface area contributed by atoms with Gasteiger partial charge >= 0.3 is 0 Å². The van der Waals surface area contributed by atoms with E-state index in [1.165, 1.54) is 23.1 Å². The van der Waals surface area contributed by atoms with Crippen molar-refractivity contribution in [3.05, 3.63) is 58.6 Å². The van der Waals surface area contributed by atoms with Gasteiger partial charge in [-0.15, -0.1) is 0 Å². The number of hydrogen-bond acceptors (Lipinski definition) is 3. The molecule has 0 aliphatic carbocycles. The van der Waals surface area contributed by atoms with Gasteiger partial charge in [-0.2, -0.15) is 0 Å². The second-order valence-electron chi connectivity index (χ2n) is 4.36. The van der Waals surface area contributed by atoms with Crippen LogP contribution in [-0.4, -0.2) is 18.1 Å². The lowest BCUT2D eigenvalue weighted by atomic mass is 10.1. The van der Waals surface area contributed by atoms with Gasteiger partial charge in [-0.1, -0.05) is 29.8 Å². The fourth-order valence-electron chi connectivity index (χ4n) is 1.98. The Balaban J connectivity index is 2.40. The van der Waals surface area contributed by atoms with Gasteiger partial charge in [-0.25, -0.2) is 0 Å². The molecule has 104 valence electrons. The molecule has 0 radical (unpaired) electrons. The van der Waals surface area contributed by atoms with Crippen LogP contribution < -0.4 is 10.6 Å². The van der Waals surface area contributed by atoms with Gasteiger partial charge in [0.2, 0.25) is 0 Å². The molecule has 2 aromatic rings. The van der Waals surface area contributed by atoms with E-state index in [0.29, 0.717) is 11.6 Å². The van der Waals surface area contributed by atoms with Crippen LogP contribution in [0.25, 0.3) is 0 Å². The summed E-state index contributed by atoms with van der Waals surface area (Å²) >= 11 is 6.01. The summed E-state index contributed by atoms with van der Waals surface area (Å²) in [5.74, 6) is -0.301. The lowest BCUT2D eigenvalue weighted by molar-refractivity contribution is 0.0992. The van der Waals surface area contributed by atoms with E-state index in [0.717, 1.165) is 11.3 Å². The topological polar surface area (TPSA) is 66.6 Å². The first-order valence-electron chi connectivity index (χ1n) is 6.09. The molecular weight excluding hydrogens is 276 g/mol. The average Bonchev–Trinajstić information content (AvgIpc) is 2.48. The SMILES string of the molecule is CN(C(=O)c1cc(O)ccc1Cl)c1ccccc1CN. The van der Waals surface area contributed by atoms with E-state index >= 15 is 0 Å². The van der Waals surface area contributed by atoms with E-state index in [9.17, 15) is 9.90 Å². The highest BCUT2D eigenvalue weighted by Gasteiger charge is 2.18. The highest BCUT2D eigenvalue weighted by molar-refractivity contribution is 6.34. The summed E-state index contributed by atoms with van der Waals surface area (Å²) in [5, 5.41) is 9.79. The van der Waals surface area contributed by atoms with E-state index in [1.807, 2.05) is 24.3 Å². The van der Waals surface area contributed by atoms with E-state index in [-0.39, 0.29) is 17.2 Å². The van der Waals surface area contributed by atoms with E-state index in [4.69, 9.17) is 17.3 Å². The third-order valence-electron chi connectivity index (χ3n) is 3.06. The molecule has 0 spiro atoms. The Bertz CT molecular complexity index is 644. The molecule has 0 fully saturated rings. The molecule has 5 heteroatoms. The standard InChI is InChI=1S/C15H15ClN2O2/c1-18(14-5-3-2-4-10(14)9-17)15(20)12-8-11(19)6-7-13(12)16/h2-8,19H,9,17H2,1H3. The number of para-hydroxylation sites is 1. The van der Waals surface area contributed by atoms with Gasteiger partial charge in [0.25, 0.3) is 5.91 Å². The Labute approximate surface area is 122 Å². The number of amides is 1. The zero-order chi connectivity index (χ0) is 14.7. The fraction of sp³-hybridized carbons (Fsp3) is 0.133. The molecule has 2 rings (SSSR count). The second-order valence-corrected chi connectivity index (χ2v) is 4.77. The predicted molar refractivity (Wildman–Crippen MR) is 80.2 cm³/mol. The van der Waals surface area contributed by atoms with Crippen LogP contribution >= 0.6 is 11.6 Å². The van der Waals surface area contributed by atoms with Crippen molar-refractivity contribution in [1.82, 2.24) is 0 Å². The molecule has 2 aromatic carbocycles. The van der Waals surface area contributed by atoms with Crippen LogP contribution in [0.2, 0.25) is 5.02 Å². The van der Waals surface area contributed by atoms with Crippen LogP contribution in [0.4, 0.5) is 5.69 Å². The zero-order valence-corrected chi connectivity index (χ0v) is 11.8. The molecule has 0 atom stereocenters. The molecule has 0 saturated carbocycles. The van der Waals surface area contributed by atoms with Gasteiger partial charge in [0.15, 0.2) is 0 Å². The molecule has 4 nitrogen and oxygen atoms in total. The molecule has 3 N–H and O–H groups in total. The number of anilines is 1. The van der Waals surface area contributed by atoms with Crippen LogP contribution in [-0.2, 0) is 6.54 Å². The maximum absolute atomic E-state index is 12.5. The predicted octanol–water partition coefficient (Wildman–Crippen LogP) is 2.78. The lowest BCUT2D eigenvalue weighted by Crippen LogP contribution is -2.27. The van der Waals surface area contributed by atoms with Gasteiger partial charge in [-0.05, 0) is 29.8 Å². The molecule has 1 amide bonds. The van der Waals surface area contributed by atoms with Gasteiger partial charge in [0.1, 0.15) is 5.75 Å². The number of hydrogen-bond donors (Lipinski definition) is 2. The van der Waals surface area contributed by atoms with Crippen molar-refractivity contribution in [2.75, 3.05) is 11.9 Å². The molecule has 0 heterocycles. The third-order valence-corrected chi connectivity index (χ3v) is 3.39. The summed E-state index contributed by atoms with van der Waals surface area (Å²) in [5.41, 5.74) is 7.51. The maximum Gasteiger partial charge on any atom is 0.259 e. The quantitative estimate of drug-likeness (QED) is 0.913. The smallest absolute Gasteiger partial charge is 0.259 e. The number of nitrogens with two attached hydrogens (primary N) is 1. The Morgan fingerprint density at radius 2 is 2.00 bits per heavy atom. The number of carbonyl (C=O) groups excluding carboxylic acids is 1. The van der Waals surface area contributed by atoms with Crippen LogP contribution in [0.5, 0.6) is 5.75 Å². The number of rotatable bonds is 3. The number of aromatic hydroxyl groups is 1. The summed E-state index contributed by atoms with van der Waals surface area (Å²) in [6, 6.07) is 11.7. The monoisotopic (exact) mass is 290 g/mol. The zero-order valence-electron chi connectivity index (χ0n) is 11.0. The van der Waals surface area contributed by atoms with E-state index < -0.39 is 0 Å². The summed E-state index contributed by atoms with van der Waals surface area (Å²) in [4.78, 5) is 14.0. The first-order chi connectivity index (χ1) is 9.54. The van der Waals surface area contributed by atoms with Crippen LogP contribution in [0, 0.1) is 0 Å². The maximum atomic E-state index is 12.5. The van der Waals surface area contributed by atoms with Gasteiger partial charge in [0.05, 0.1) is 10.6 Å². The Kier molecular flexibility index (Phi) is 4.27. The molecule has 0 bridgehead atoms. The number of phenolic OH excluding ortho intramolecular Hbond substituents is 1. The van der Waals surface area contributed by atoms with E-state index in [1.54, 1.807) is 7.05 Å². The highest BCUT2D eigenvalue weighted by atomic mass is 35.5. The third kappa shape index (κ3) is 2.76. The molecule has 0 aromatic heterocycles. The second kappa shape index (κ2) is 5.94. The van der Waals surface area contributed by atoms with Crippen molar-refractivity contribution in [1.29, 1.82) is 0 Å². The summed E-state index contributed by atoms with van der Waals surface area (Å²) in [6.45, 7) is 0.335. The Morgan fingerprint density at radius 3 is 2.70 bits per heavy atom. The minimum atomic E-state index is -0.299. The summed E-state index contributed by atoms with van der Waals surface area (Å²) in [6.07, 6.45) is 0. The fourth-order valence-corrected chi connectivity index (χ4v) is 2.18. The van der Waals surface area contributed by atoms with Gasteiger partial charge in [0, 0.05) is 19.3 Å². The van der Waals surface area contributed by atoms with Crippen molar-refractivity contribution in [2.24, 2.45) is 5.73 Å². The van der Waals surface area contributed by atoms with Crippen LogP contribution in [0.3, 0.4) is 0 Å². The number of phenols is 1. The normalized spacial score (nSPS) is 10.3. The number of carbonyl (C=O) groups is 1. The number of benzene rings is 2. The molecular formula is C15H15ClN2O2. The first kappa shape index (κ1) is 14.4. The Hall–Kier alpha value is -2.04. The van der Waals surface area contributed by atoms with Crippen LogP contribution in [0.1, 0.15) is 15.9 Å². The van der Waals surface area contributed by atoms with E-state index in [2.05, 4.69) is 0 Å². The van der Waals surface area contributed by atoms with Crippen molar-refractivity contribution in [3.63, 3.8) is 0 Å². The minimum absolute atomic E-state index is 0.00161. The van der Waals surface area contributed by atoms with Gasteiger partial charge in [-0.3, -0.25) is 4.79 Å². The molecule has 0 aliphatic heterocycles. The Morgan fingerprint density at radius 1 is 1.30 bits per heavy atom. The lowest BCUT2D eigenvalue weighted by Gasteiger charge is -2.21. The van der Waals surface area contributed by atoms with Gasteiger partial charge < -0.3 is 15.7 Å². The van der Waals surface area contributed by atoms with Crippen LogP contribution in [0.15, 0.2) is 42.5 Å². The average molecular weight is 291 g/mol. The summed E-state index contributed by atoms with van der Waals surface area (Å²) < 4.78 is 0. The molecule has 0 aliphatic rings. The summed E-state index contributed by atoms with van der Waals surface area (Å²) in [7, 11) is 1.65. The van der Waals surface area contributed by atoms with Crippen molar-refractivity contribution < 1.29 is 9.90 Å². The number of nitrogens with zero attached hydrogens (tertiary/aromatic N) is 1. The molecule has 0 saturated heterocycles. The number of halogens is 1. The van der Waals surface area contributed by atoms with Crippen molar-refractivity contribution in [3.8, 4) is 5.75 Å². The minimum Gasteiger partial charge on any atom is -0.508 e.